The van der Waals surface area contributed by atoms with Gasteiger partial charge in [0.05, 0.1) is 4.90 Å². The van der Waals surface area contributed by atoms with Crippen molar-refractivity contribution in [2.75, 3.05) is 37.7 Å². The Hall–Kier alpha value is -2.79. The average molecular weight is 571 g/mol. The molecule has 0 bridgehead atoms. The van der Waals surface area contributed by atoms with Crippen LogP contribution in [0, 0.1) is 0 Å². The predicted molar refractivity (Wildman–Crippen MR) is 156 cm³/mol. The molecule has 0 atom stereocenters. The smallest absolute Gasteiger partial charge is 0.251 e. The molecule has 2 aromatic rings. The SMILES string of the molecule is CC(=O)N1CCCCCCCN(C2CCOCC2)Cc2cc(C(=O)NCCc3ccc(S(N)(=O)=O)cc3)ccc21. The molecule has 0 unspecified atom stereocenters. The lowest BCUT2D eigenvalue weighted by Gasteiger charge is -2.36. The number of rotatable bonds is 6. The van der Waals surface area contributed by atoms with Crippen LogP contribution >= 0.6 is 0 Å². The third kappa shape index (κ3) is 8.36. The number of benzene rings is 2. The summed E-state index contributed by atoms with van der Waals surface area (Å²) in [5.41, 5.74) is 3.34. The molecule has 0 saturated carbocycles. The highest BCUT2D eigenvalue weighted by Crippen LogP contribution is 2.28. The molecular formula is C30H42N4O5S. The van der Waals surface area contributed by atoms with Crippen molar-refractivity contribution in [1.29, 1.82) is 0 Å². The number of fused-ring (bicyclic) bond motifs is 1. The molecule has 2 aromatic carbocycles. The minimum atomic E-state index is -3.73. The van der Waals surface area contributed by atoms with Gasteiger partial charge in [-0.1, -0.05) is 31.4 Å². The zero-order valence-electron chi connectivity index (χ0n) is 23.4. The molecular weight excluding hydrogens is 528 g/mol. The number of amides is 2. The summed E-state index contributed by atoms with van der Waals surface area (Å²) in [4.78, 5) is 30.3. The van der Waals surface area contributed by atoms with Crippen molar-refractivity contribution < 1.29 is 22.7 Å². The Bertz CT molecular complexity index is 1260. The van der Waals surface area contributed by atoms with Crippen LogP contribution in [0.1, 0.15) is 73.4 Å². The number of nitrogens with zero attached hydrogens (tertiary/aromatic N) is 2. The summed E-state index contributed by atoms with van der Waals surface area (Å²) in [6.45, 7) is 5.89. The van der Waals surface area contributed by atoms with Gasteiger partial charge in [0.25, 0.3) is 5.91 Å². The van der Waals surface area contributed by atoms with E-state index in [-0.39, 0.29) is 16.7 Å². The molecule has 9 nitrogen and oxygen atoms in total. The molecule has 0 radical (unpaired) electrons. The number of nitrogens with one attached hydrogen (secondary N) is 1. The van der Waals surface area contributed by atoms with Gasteiger partial charge in [-0.05, 0) is 80.1 Å². The van der Waals surface area contributed by atoms with Crippen LogP contribution in [0.25, 0.3) is 0 Å². The Kier molecular flexibility index (Phi) is 10.7. The van der Waals surface area contributed by atoms with Crippen molar-refractivity contribution in [1.82, 2.24) is 10.2 Å². The molecule has 218 valence electrons. The maximum absolute atomic E-state index is 13.2. The molecule has 0 aliphatic carbocycles. The summed E-state index contributed by atoms with van der Waals surface area (Å²) in [5, 5.41) is 8.15. The molecule has 3 N–H and O–H groups in total. The van der Waals surface area contributed by atoms with E-state index >= 15 is 0 Å². The van der Waals surface area contributed by atoms with E-state index in [4.69, 9.17) is 9.88 Å². The number of anilines is 1. The number of nitrogens with two attached hydrogens (primary N) is 1. The number of sulfonamides is 1. The van der Waals surface area contributed by atoms with Gasteiger partial charge < -0.3 is 15.0 Å². The highest BCUT2D eigenvalue weighted by atomic mass is 32.2. The van der Waals surface area contributed by atoms with Crippen molar-refractivity contribution in [3.8, 4) is 0 Å². The normalized spacial score (nSPS) is 18.3. The van der Waals surface area contributed by atoms with Gasteiger partial charge in [0.15, 0.2) is 0 Å². The standard InChI is InChI=1S/C30H42N4O5S/c1-23(35)34-18-6-4-2-3-5-17-33(27-14-19-39-20-15-27)22-26-21-25(9-12-29(26)34)30(36)32-16-13-24-7-10-28(11-8-24)40(31,37)38/h7-12,21,27H,2-6,13-20,22H2,1H3,(H,32,36)(H2,31,37,38). The van der Waals surface area contributed by atoms with E-state index in [1.807, 2.05) is 17.0 Å². The predicted octanol–water partition coefficient (Wildman–Crippen LogP) is 3.60. The molecule has 4 rings (SSSR count). The zero-order chi connectivity index (χ0) is 28.5. The van der Waals surface area contributed by atoms with Crippen molar-refractivity contribution in [2.45, 2.75) is 75.8 Å². The fourth-order valence-corrected chi connectivity index (χ4v) is 6.12. The van der Waals surface area contributed by atoms with E-state index in [9.17, 15) is 18.0 Å². The topological polar surface area (TPSA) is 122 Å². The van der Waals surface area contributed by atoms with Gasteiger partial charge >= 0.3 is 0 Å². The fraction of sp³-hybridized carbons (Fsp3) is 0.533. The van der Waals surface area contributed by atoms with Gasteiger partial charge in [0, 0.05) is 57.1 Å². The van der Waals surface area contributed by atoms with Gasteiger partial charge in [0.1, 0.15) is 0 Å². The van der Waals surface area contributed by atoms with Crippen LogP contribution in [0.4, 0.5) is 5.69 Å². The minimum absolute atomic E-state index is 0.0154. The van der Waals surface area contributed by atoms with Crippen LogP contribution in [0.5, 0.6) is 0 Å². The Morgan fingerprint density at radius 3 is 2.33 bits per heavy atom. The van der Waals surface area contributed by atoms with Crippen LogP contribution in [0.3, 0.4) is 0 Å². The molecule has 1 saturated heterocycles. The lowest BCUT2D eigenvalue weighted by atomic mass is 10.0. The highest BCUT2D eigenvalue weighted by Gasteiger charge is 2.25. The van der Waals surface area contributed by atoms with E-state index in [1.165, 1.54) is 25.0 Å². The van der Waals surface area contributed by atoms with Crippen LogP contribution in [0.15, 0.2) is 47.4 Å². The van der Waals surface area contributed by atoms with Crippen molar-refractivity contribution in [3.63, 3.8) is 0 Å². The Labute approximate surface area is 238 Å². The number of ether oxygens (including phenoxy) is 1. The van der Waals surface area contributed by atoms with E-state index < -0.39 is 10.0 Å². The molecule has 40 heavy (non-hydrogen) atoms. The summed E-state index contributed by atoms with van der Waals surface area (Å²) < 4.78 is 28.6. The number of hydrogen-bond donors (Lipinski definition) is 2. The van der Waals surface area contributed by atoms with Gasteiger partial charge in [-0.2, -0.15) is 0 Å². The molecule has 2 aliphatic rings. The lowest BCUT2D eigenvalue weighted by molar-refractivity contribution is -0.116. The third-order valence-electron chi connectivity index (χ3n) is 7.87. The number of carbonyl (C=O) groups excluding carboxylic acids is 2. The monoisotopic (exact) mass is 570 g/mol. The highest BCUT2D eigenvalue weighted by molar-refractivity contribution is 7.89. The van der Waals surface area contributed by atoms with Crippen LogP contribution in [-0.2, 0) is 32.5 Å². The molecule has 2 heterocycles. The Balaban J connectivity index is 1.52. The summed E-state index contributed by atoms with van der Waals surface area (Å²) in [7, 11) is -3.73. The van der Waals surface area contributed by atoms with E-state index in [1.54, 1.807) is 25.1 Å². The summed E-state index contributed by atoms with van der Waals surface area (Å²) in [5.74, 6) is -0.163. The number of primary sulfonamides is 1. The minimum Gasteiger partial charge on any atom is -0.381 e. The van der Waals surface area contributed by atoms with E-state index in [2.05, 4.69) is 10.2 Å². The van der Waals surface area contributed by atoms with Crippen LogP contribution in [0.2, 0.25) is 0 Å². The maximum Gasteiger partial charge on any atom is 0.251 e. The zero-order valence-corrected chi connectivity index (χ0v) is 24.3. The molecule has 0 spiro atoms. The second-order valence-electron chi connectivity index (χ2n) is 10.8. The molecule has 1 fully saturated rings. The summed E-state index contributed by atoms with van der Waals surface area (Å²) in [6, 6.07) is 12.4. The first-order valence-corrected chi connectivity index (χ1v) is 15.9. The first-order chi connectivity index (χ1) is 19.2. The molecule has 2 amide bonds. The van der Waals surface area contributed by atoms with E-state index in [0.29, 0.717) is 37.7 Å². The first-order valence-electron chi connectivity index (χ1n) is 14.3. The number of carbonyl (C=O) groups is 2. The van der Waals surface area contributed by atoms with Gasteiger partial charge in [0.2, 0.25) is 15.9 Å². The lowest BCUT2D eigenvalue weighted by Crippen LogP contribution is -2.40. The Morgan fingerprint density at radius 2 is 1.65 bits per heavy atom. The quantitative estimate of drug-likeness (QED) is 0.547. The molecule has 10 heteroatoms. The van der Waals surface area contributed by atoms with Gasteiger partial charge in [-0.25, -0.2) is 13.6 Å². The third-order valence-corrected chi connectivity index (χ3v) is 8.80. The second kappa shape index (κ2) is 14.2. The fourth-order valence-electron chi connectivity index (χ4n) is 5.61. The summed E-state index contributed by atoms with van der Waals surface area (Å²) >= 11 is 0. The van der Waals surface area contributed by atoms with Crippen LogP contribution < -0.4 is 15.4 Å². The molecule has 0 aromatic heterocycles. The van der Waals surface area contributed by atoms with Crippen molar-refractivity contribution in [3.05, 3.63) is 59.2 Å². The second-order valence-corrected chi connectivity index (χ2v) is 12.4. The van der Waals surface area contributed by atoms with E-state index in [0.717, 1.165) is 68.7 Å². The van der Waals surface area contributed by atoms with Gasteiger partial charge in [-0.3, -0.25) is 14.5 Å². The van der Waals surface area contributed by atoms with Crippen LogP contribution in [-0.4, -0.2) is 64.0 Å². The largest absolute Gasteiger partial charge is 0.381 e. The first kappa shape index (κ1) is 30.2. The number of hydrogen-bond acceptors (Lipinski definition) is 6. The molecule has 2 aliphatic heterocycles. The van der Waals surface area contributed by atoms with Crippen molar-refractivity contribution in [2.24, 2.45) is 5.14 Å². The Morgan fingerprint density at radius 1 is 0.975 bits per heavy atom. The average Bonchev–Trinajstić information content (AvgIpc) is 2.93. The maximum atomic E-state index is 13.2. The van der Waals surface area contributed by atoms with Crippen molar-refractivity contribution >= 4 is 27.5 Å². The van der Waals surface area contributed by atoms with Gasteiger partial charge in [-0.15, -0.1) is 0 Å². The summed E-state index contributed by atoms with van der Waals surface area (Å²) in [6.07, 6.45) is 8.09.